The van der Waals surface area contributed by atoms with Crippen LogP contribution in [-0.2, 0) is 13.2 Å². The second-order valence-corrected chi connectivity index (χ2v) is 2.53. The molecular formula is C8H13Cl2FN2O. The van der Waals surface area contributed by atoms with E-state index in [0.29, 0.717) is 16.8 Å². The summed E-state index contributed by atoms with van der Waals surface area (Å²) in [6, 6.07) is 0. The van der Waals surface area contributed by atoms with Crippen molar-refractivity contribution in [2.75, 3.05) is 0 Å². The molecule has 3 nitrogen and oxygen atoms in total. The average molecular weight is 243 g/mol. The minimum Gasteiger partial charge on any atom is -0.506 e. The zero-order valence-electron chi connectivity index (χ0n) is 7.66. The van der Waals surface area contributed by atoms with Gasteiger partial charge in [-0.05, 0) is 6.92 Å². The predicted molar refractivity (Wildman–Crippen MR) is 57.8 cm³/mol. The van der Waals surface area contributed by atoms with Crippen molar-refractivity contribution in [3.05, 3.63) is 23.0 Å². The zero-order chi connectivity index (χ0) is 9.14. The fraction of sp³-hybridized carbons (Fsp3) is 0.375. The molecule has 1 aromatic heterocycles. The van der Waals surface area contributed by atoms with Gasteiger partial charge in [0.1, 0.15) is 12.4 Å². The van der Waals surface area contributed by atoms with Crippen LogP contribution in [0.25, 0.3) is 0 Å². The molecule has 0 unspecified atom stereocenters. The number of pyridine rings is 1. The molecule has 0 radical (unpaired) electrons. The molecule has 0 aliphatic carbocycles. The molecule has 1 heterocycles. The number of rotatable bonds is 2. The first-order valence-corrected chi connectivity index (χ1v) is 3.63. The van der Waals surface area contributed by atoms with E-state index < -0.39 is 6.67 Å². The van der Waals surface area contributed by atoms with E-state index in [1.165, 1.54) is 6.20 Å². The highest BCUT2D eigenvalue weighted by Crippen LogP contribution is 2.23. The molecule has 0 saturated carbocycles. The van der Waals surface area contributed by atoms with Gasteiger partial charge in [0, 0.05) is 23.9 Å². The summed E-state index contributed by atoms with van der Waals surface area (Å²) in [6.07, 6.45) is 1.40. The van der Waals surface area contributed by atoms with Gasteiger partial charge < -0.3 is 10.8 Å². The highest BCUT2D eigenvalue weighted by molar-refractivity contribution is 5.85. The molecule has 0 aliphatic rings. The summed E-state index contributed by atoms with van der Waals surface area (Å²) in [5, 5.41) is 9.40. The van der Waals surface area contributed by atoms with Crippen LogP contribution in [-0.4, -0.2) is 10.1 Å². The lowest BCUT2D eigenvalue weighted by Crippen LogP contribution is -2.03. The maximum Gasteiger partial charge on any atom is 0.141 e. The lowest BCUT2D eigenvalue weighted by atomic mass is 10.1. The third-order valence-corrected chi connectivity index (χ3v) is 1.78. The Hall–Kier alpha value is -0.580. The molecule has 3 N–H and O–H groups in total. The largest absolute Gasteiger partial charge is 0.506 e. The minimum absolute atomic E-state index is 0. The Balaban J connectivity index is 0. The van der Waals surface area contributed by atoms with Crippen molar-refractivity contribution in [3.8, 4) is 5.75 Å². The van der Waals surface area contributed by atoms with E-state index in [-0.39, 0.29) is 37.1 Å². The quantitative estimate of drug-likeness (QED) is 0.833. The molecule has 1 aromatic rings. The van der Waals surface area contributed by atoms with Crippen LogP contribution in [0.3, 0.4) is 0 Å². The SMILES string of the molecule is Cc1ncc(CF)c(CN)c1O.Cl.Cl. The highest BCUT2D eigenvalue weighted by Gasteiger charge is 2.09. The smallest absolute Gasteiger partial charge is 0.141 e. The summed E-state index contributed by atoms with van der Waals surface area (Å²) in [7, 11) is 0. The van der Waals surface area contributed by atoms with E-state index in [0.717, 1.165) is 0 Å². The molecule has 0 fully saturated rings. The van der Waals surface area contributed by atoms with E-state index >= 15 is 0 Å². The number of aryl methyl sites for hydroxylation is 1. The Morgan fingerprint density at radius 3 is 2.50 bits per heavy atom. The Morgan fingerprint density at radius 2 is 2.07 bits per heavy atom. The number of aromatic nitrogens is 1. The highest BCUT2D eigenvalue weighted by atomic mass is 35.5. The fourth-order valence-corrected chi connectivity index (χ4v) is 1.03. The summed E-state index contributed by atoms with van der Waals surface area (Å²) in [5.74, 6) is 0.00708. The number of nitrogens with zero attached hydrogens (tertiary/aromatic N) is 1. The lowest BCUT2D eigenvalue weighted by Gasteiger charge is -2.07. The van der Waals surface area contributed by atoms with Crippen LogP contribution in [0.2, 0.25) is 0 Å². The Bertz CT molecular complexity index is 297. The topological polar surface area (TPSA) is 59.1 Å². The van der Waals surface area contributed by atoms with Crippen molar-refractivity contribution in [2.45, 2.75) is 20.1 Å². The first-order chi connectivity index (χ1) is 5.70. The maximum atomic E-state index is 12.3. The van der Waals surface area contributed by atoms with Gasteiger partial charge in [-0.1, -0.05) is 0 Å². The lowest BCUT2D eigenvalue weighted by molar-refractivity contribution is 0.446. The van der Waals surface area contributed by atoms with Crippen molar-refractivity contribution in [2.24, 2.45) is 5.73 Å². The molecule has 0 atom stereocenters. The molecular weight excluding hydrogens is 230 g/mol. The summed E-state index contributed by atoms with van der Waals surface area (Å²) in [4.78, 5) is 3.81. The molecule has 0 amide bonds. The van der Waals surface area contributed by atoms with E-state index in [2.05, 4.69) is 4.98 Å². The van der Waals surface area contributed by atoms with Gasteiger partial charge in [-0.3, -0.25) is 4.98 Å². The first-order valence-electron chi connectivity index (χ1n) is 3.63. The molecule has 6 heteroatoms. The molecule has 0 saturated heterocycles. The molecule has 0 aromatic carbocycles. The standard InChI is InChI=1S/C8H11FN2O.2ClH/c1-5-8(12)7(3-10)6(2-9)4-11-5;;/h4,12H,2-3,10H2,1H3;2*1H. The van der Waals surface area contributed by atoms with E-state index in [1.54, 1.807) is 6.92 Å². The Labute approximate surface area is 94.4 Å². The van der Waals surface area contributed by atoms with Crippen LogP contribution in [0, 0.1) is 6.92 Å². The Morgan fingerprint density at radius 1 is 1.50 bits per heavy atom. The third-order valence-electron chi connectivity index (χ3n) is 1.78. The zero-order valence-corrected chi connectivity index (χ0v) is 9.29. The summed E-state index contributed by atoms with van der Waals surface area (Å²) >= 11 is 0. The van der Waals surface area contributed by atoms with Gasteiger partial charge in [0.25, 0.3) is 0 Å². The van der Waals surface area contributed by atoms with Crippen LogP contribution in [0.5, 0.6) is 5.75 Å². The number of nitrogens with two attached hydrogens (primary N) is 1. The summed E-state index contributed by atoms with van der Waals surface area (Å²) < 4.78 is 12.3. The maximum absolute atomic E-state index is 12.3. The van der Waals surface area contributed by atoms with E-state index in [4.69, 9.17) is 5.73 Å². The van der Waals surface area contributed by atoms with Crippen LogP contribution in [0.4, 0.5) is 4.39 Å². The van der Waals surface area contributed by atoms with Crippen LogP contribution >= 0.6 is 24.8 Å². The molecule has 82 valence electrons. The van der Waals surface area contributed by atoms with Gasteiger partial charge in [0.2, 0.25) is 0 Å². The fourth-order valence-electron chi connectivity index (χ4n) is 1.03. The number of hydrogen-bond donors (Lipinski definition) is 2. The van der Waals surface area contributed by atoms with Crippen LogP contribution < -0.4 is 5.73 Å². The van der Waals surface area contributed by atoms with Gasteiger partial charge in [-0.2, -0.15) is 0 Å². The van der Waals surface area contributed by atoms with Gasteiger partial charge in [0.05, 0.1) is 5.69 Å². The predicted octanol–water partition coefficient (Wildman–Crippen LogP) is 1.87. The van der Waals surface area contributed by atoms with Crippen molar-refractivity contribution in [1.82, 2.24) is 4.98 Å². The third kappa shape index (κ3) is 2.97. The number of alkyl halides is 1. The van der Waals surface area contributed by atoms with Crippen molar-refractivity contribution in [3.63, 3.8) is 0 Å². The number of aromatic hydroxyl groups is 1. The van der Waals surface area contributed by atoms with Gasteiger partial charge >= 0.3 is 0 Å². The minimum atomic E-state index is -0.645. The molecule has 0 spiro atoms. The van der Waals surface area contributed by atoms with Crippen molar-refractivity contribution in [1.29, 1.82) is 0 Å². The monoisotopic (exact) mass is 242 g/mol. The normalized spacial score (nSPS) is 8.79. The first kappa shape index (κ1) is 15.9. The van der Waals surface area contributed by atoms with Crippen LogP contribution in [0.15, 0.2) is 6.20 Å². The van der Waals surface area contributed by atoms with Gasteiger partial charge in [-0.25, -0.2) is 4.39 Å². The van der Waals surface area contributed by atoms with Crippen LogP contribution in [0.1, 0.15) is 16.8 Å². The van der Waals surface area contributed by atoms with Crippen molar-refractivity contribution < 1.29 is 9.50 Å². The molecule has 0 bridgehead atoms. The molecule has 1 rings (SSSR count). The average Bonchev–Trinajstić information content (AvgIpc) is 2.09. The van der Waals surface area contributed by atoms with E-state index in [9.17, 15) is 9.50 Å². The van der Waals surface area contributed by atoms with Crippen molar-refractivity contribution >= 4 is 24.8 Å². The summed E-state index contributed by atoms with van der Waals surface area (Å²) in [5.41, 5.74) is 6.63. The van der Waals surface area contributed by atoms with E-state index in [1.807, 2.05) is 0 Å². The second kappa shape index (κ2) is 6.81. The van der Waals surface area contributed by atoms with Gasteiger partial charge in [-0.15, -0.1) is 24.8 Å². The number of halogens is 3. The number of hydrogen-bond acceptors (Lipinski definition) is 3. The summed E-state index contributed by atoms with van der Waals surface area (Å²) in [6.45, 7) is 1.14. The Kier molecular flexibility index (Phi) is 7.72. The van der Waals surface area contributed by atoms with Gasteiger partial charge in [0.15, 0.2) is 0 Å². The molecule has 14 heavy (non-hydrogen) atoms. The second-order valence-electron chi connectivity index (χ2n) is 2.53. The molecule has 0 aliphatic heterocycles.